The van der Waals surface area contributed by atoms with Crippen molar-refractivity contribution < 1.29 is 18.5 Å². The number of amides is 1. The number of nitrogens with zero attached hydrogens (tertiary/aromatic N) is 3. The van der Waals surface area contributed by atoms with Crippen LogP contribution in [0.3, 0.4) is 0 Å². The van der Waals surface area contributed by atoms with Crippen LogP contribution in [0.1, 0.15) is 34.6 Å². The molecule has 2 aromatic rings. The number of ether oxygens (including phenoxy) is 1. The summed E-state index contributed by atoms with van der Waals surface area (Å²) in [5.41, 5.74) is -0.155. The molecule has 7 nitrogen and oxygen atoms in total. The molecule has 0 saturated carbocycles. The number of halogens is 2. The summed E-state index contributed by atoms with van der Waals surface area (Å²) < 4.78 is 33.4. The molecule has 10 heteroatoms. The smallest absolute Gasteiger partial charge is 0.232 e. The van der Waals surface area contributed by atoms with Crippen LogP contribution in [-0.2, 0) is 20.6 Å². The van der Waals surface area contributed by atoms with Crippen LogP contribution >= 0.6 is 18.7 Å². The molecule has 0 radical (unpaired) electrons. The van der Waals surface area contributed by atoms with E-state index >= 15 is 0 Å². The molecule has 0 unspecified atom stereocenters. The van der Waals surface area contributed by atoms with Crippen molar-refractivity contribution in [3.8, 4) is 0 Å². The summed E-state index contributed by atoms with van der Waals surface area (Å²) >= 11 is 6.24. The number of rotatable bonds is 9. The monoisotopic (exact) mass is 446 g/mol. The van der Waals surface area contributed by atoms with Gasteiger partial charge >= 0.3 is 0 Å². The van der Waals surface area contributed by atoms with Crippen molar-refractivity contribution in [3.63, 3.8) is 0 Å². The summed E-state index contributed by atoms with van der Waals surface area (Å²) in [4.78, 5) is 20.7. The number of carbonyl (C=O) groups is 1. The molecule has 0 spiro atoms. The van der Waals surface area contributed by atoms with Crippen LogP contribution < -0.4 is 5.32 Å². The van der Waals surface area contributed by atoms with E-state index in [1.807, 2.05) is 13.8 Å². The highest BCUT2D eigenvalue weighted by Gasteiger charge is 2.24. The first-order valence-corrected chi connectivity index (χ1v) is 12.3. The van der Waals surface area contributed by atoms with Crippen molar-refractivity contribution in [1.29, 1.82) is 0 Å². The van der Waals surface area contributed by atoms with Crippen LogP contribution in [0.4, 0.5) is 10.3 Å². The molecule has 1 amide bonds. The van der Waals surface area contributed by atoms with Crippen LogP contribution in [0.25, 0.3) is 11.0 Å². The van der Waals surface area contributed by atoms with Gasteiger partial charge in [-0.2, -0.15) is 9.97 Å². The molecular weight excluding hydrogens is 418 g/mol. The minimum absolute atomic E-state index is 0.0520. The number of hydrogen-bond donors (Lipinski definition) is 1. The van der Waals surface area contributed by atoms with Gasteiger partial charge in [0.15, 0.2) is 0 Å². The van der Waals surface area contributed by atoms with Crippen LogP contribution in [0.2, 0.25) is 5.15 Å². The lowest BCUT2D eigenvalue weighted by molar-refractivity contribution is -0.123. The summed E-state index contributed by atoms with van der Waals surface area (Å²) in [6, 6.07) is 1.73. The highest BCUT2D eigenvalue weighted by Crippen LogP contribution is 2.44. The molecule has 0 saturated heterocycles. The quantitative estimate of drug-likeness (QED) is 0.442. The molecule has 1 N–H and O–H groups in total. The Kier molecular flexibility index (Phi) is 7.82. The third-order valence-electron chi connectivity index (χ3n) is 4.75. The lowest BCUT2D eigenvalue weighted by atomic mass is 9.96. The van der Waals surface area contributed by atoms with Crippen molar-refractivity contribution in [2.75, 3.05) is 30.7 Å². The first-order chi connectivity index (χ1) is 13.5. The molecule has 0 aliphatic rings. The largest absolute Gasteiger partial charge is 0.366 e. The van der Waals surface area contributed by atoms with Gasteiger partial charge in [-0.15, -0.1) is 0 Å². The van der Waals surface area contributed by atoms with E-state index in [-0.39, 0.29) is 29.9 Å². The number of nitrogens with one attached hydrogen (secondary N) is 1. The molecule has 0 fully saturated rings. The highest BCUT2D eigenvalue weighted by molar-refractivity contribution is 7.63. The molecule has 0 aliphatic heterocycles. The SMILES string of the molecule is CCP(=O)(CC)CO[C@H](CF)Cn1ccc2c(Cl)nc(NC(=O)C(C)(C)C)nc21. The summed E-state index contributed by atoms with van der Waals surface area (Å²) in [6.07, 6.45) is 2.05. The van der Waals surface area contributed by atoms with Crippen molar-refractivity contribution in [3.05, 3.63) is 17.4 Å². The van der Waals surface area contributed by atoms with Gasteiger partial charge in [0.05, 0.1) is 11.9 Å². The molecule has 2 heterocycles. The van der Waals surface area contributed by atoms with E-state index in [1.165, 1.54) is 0 Å². The van der Waals surface area contributed by atoms with Crippen molar-refractivity contribution in [2.45, 2.75) is 47.3 Å². The van der Waals surface area contributed by atoms with E-state index in [0.29, 0.717) is 23.4 Å². The zero-order chi connectivity index (χ0) is 21.8. The fourth-order valence-corrected chi connectivity index (χ4v) is 4.06. The average molecular weight is 447 g/mol. The van der Waals surface area contributed by atoms with E-state index in [2.05, 4.69) is 15.3 Å². The van der Waals surface area contributed by atoms with Gasteiger partial charge in [-0.3, -0.25) is 10.1 Å². The van der Waals surface area contributed by atoms with E-state index in [9.17, 15) is 13.8 Å². The molecule has 2 rings (SSSR count). The standard InChI is InChI=1S/C19H29ClFN4O3P/c1-6-29(27,7-2)12-28-13(10-21)11-25-9-8-14-15(20)22-18(23-16(14)25)24-17(26)19(3,4)5/h8-9,13H,6-7,10-12H2,1-5H3,(H,22,23,24,26)/t13-/m1/s1. The van der Waals surface area contributed by atoms with Crippen molar-refractivity contribution in [2.24, 2.45) is 5.41 Å². The van der Waals surface area contributed by atoms with Gasteiger partial charge in [-0.25, -0.2) is 4.39 Å². The molecule has 29 heavy (non-hydrogen) atoms. The van der Waals surface area contributed by atoms with Crippen LogP contribution in [0.15, 0.2) is 12.3 Å². The van der Waals surface area contributed by atoms with Gasteiger partial charge in [0.25, 0.3) is 0 Å². The second-order valence-electron chi connectivity index (χ2n) is 8.01. The minimum Gasteiger partial charge on any atom is -0.366 e. The van der Waals surface area contributed by atoms with Gasteiger partial charge in [-0.1, -0.05) is 46.2 Å². The van der Waals surface area contributed by atoms with Gasteiger partial charge in [0.2, 0.25) is 11.9 Å². The Hall–Kier alpha value is -1.50. The van der Waals surface area contributed by atoms with E-state index in [4.69, 9.17) is 16.3 Å². The fraction of sp³-hybridized carbons (Fsp3) is 0.632. The number of aromatic nitrogens is 3. The molecular formula is C19H29ClFN4O3P. The molecule has 0 aliphatic carbocycles. The van der Waals surface area contributed by atoms with Crippen molar-refractivity contribution in [1.82, 2.24) is 14.5 Å². The van der Waals surface area contributed by atoms with Crippen LogP contribution in [0, 0.1) is 5.41 Å². The van der Waals surface area contributed by atoms with Crippen molar-refractivity contribution >= 4 is 41.6 Å². The normalized spacial score (nSPS) is 13.6. The van der Waals surface area contributed by atoms with Crippen LogP contribution in [-0.4, -0.2) is 51.9 Å². The Morgan fingerprint density at radius 1 is 1.34 bits per heavy atom. The molecule has 2 aromatic heterocycles. The summed E-state index contributed by atoms with van der Waals surface area (Å²) in [5.74, 6) is -0.160. The molecule has 162 valence electrons. The summed E-state index contributed by atoms with van der Waals surface area (Å²) in [7, 11) is -2.43. The van der Waals surface area contributed by atoms with E-state index < -0.39 is 25.3 Å². The lowest BCUT2D eigenvalue weighted by Gasteiger charge is -2.20. The first kappa shape index (κ1) is 23.8. The number of alkyl halides is 1. The Morgan fingerprint density at radius 3 is 2.55 bits per heavy atom. The fourth-order valence-electron chi connectivity index (χ4n) is 2.53. The summed E-state index contributed by atoms with van der Waals surface area (Å²) in [6.45, 7) is 8.49. The van der Waals surface area contributed by atoms with Crippen LogP contribution in [0.5, 0.6) is 0 Å². The summed E-state index contributed by atoms with van der Waals surface area (Å²) in [5, 5.41) is 3.44. The third-order valence-corrected chi connectivity index (χ3v) is 7.96. The lowest BCUT2D eigenvalue weighted by Crippen LogP contribution is -2.28. The highest BCUT2D eigenvalue weighted by atomic mass is 35.5. The number of anilines is 1. The predicted octanol–water partition coefficient (Wildman–Crippen LogP) is 4.78. The van der Waals surface area contributed by atoms with E-state index in [0.717, 1.165) is 0 Å². The molecule has 1 atom stereocenters. The molecule has 0 aromatic carbocycles. The average Bonchev–Trinajstić information content (AvgIpc) is 3.07. The first-order valence-electron chi connectivity index (χ1n) is 9.61. The van der Waals surface area contributed by atoms with Gasteiger partial charge < -0.3 is 13.9 Å². The second kappa shape index (κ2) is 9.54. The second-order valence-corrected chi connectivity index (χ2v) is 12.0. The Labute approximate surface area is 175 Å². The molecule has 0 bridgehead atoms. The maximum atomic E-state index is 13.6. The number of fused-ring (bicyclic) bond motifs is 1. The predicted molar refractivity (Wildman–Crippen MR) is 115 cm³/mol. The van der Waals surface area contributed by atoms with Gasteiger partial charge in [-0.05, 0) is 6.07 Å². The Bertz CT molecular complexity index is 905. The maximum Gasteiger partial charge on any atom is 0.232 e. The Morgan fingerprint density at radius 2 is 2.00 bits per heavy atom. The van der Waals surface area contributed by atoms with Gasteiger partial charge in [0, 0.05) is 23.9 Å². The Balaban J connectivity index is 2.24. The van der Waals surface area contributed by atoms with Gasteiger partial charge in [0.1, 0.15) is 37.1 Å². The van der Waals surface area contributed by atoms with E-state index in [1.54, 1.807) is 37.6 Å². The zero-order valence-corrected chi connectivity index (χ0v) is 19.2. The minimum atomic E-state index is -2.43. The number of carbonyl (C=O) groups excluding carboxylic acids is 1. The third kappa shape index (κ3) is 6.00. The number of hydrogen-bond acceptors (Lipinski definition) is 5. The maximum absolute atomic E-state index is 13.6. The zero-order valence-electron chi connectivity index (χ0n) is 17.5. The topological polar surface area (TPSA) is 86.1 Å².